The van der Waals surface area contributed by atoms with Gasteiger partial charge in [0.15, 0.2) is 0 Å². The summed E-state index contributed by atoms with van der Waals surface area (Å²) in [4.78, 5) is 16.4. The van der Waals surface area contributed by atoms with Crippen LogP contribution in [0.1, 0.15) is 32.7 Å². The number of hydrogen-bond donors (Lipinski definition) is 2. The van der Waals surface area contributed by atoms with Crippen LogP contribution in [-0.4, -0.2) is 29.3 Å². The summed E-state index contributed by atoms with van der Waals surface area (Å²) in [5.41, 5.74) is 0.712. The van der Waals surface area contributed by atoms with Gasteiger partial charge in [0.2, 0.25) is 11.7 Å². The zero-order valence-electron chi connectivity index (χ0n) is 14.7. The van der Waals surface area contributed by atoms with Crippen LogP contribution in [0.15, 0.2) is 28.8 Å². The molecule has 0 fully saturated rings. The lowest BCUT2D eigenvalue weighted by Crippen LogP contribution is -2.44. The molecule has 2 rings (SSSR count). The molecule has 7 heteroatoms. The van der Waals surface area contributed by atoms with Gasteiger partial charge < -0.3 is 19.9 Å². The monoisotopic (exact) mass is 342 g/mol. The van der Waals surface area contributed by atoms with E-state index in [0.717, 1.165) is 0 Å². The Labute approximate surface area is 147 Å². The first kappa shape index (κ1) is 18.3. The lowest BCUT2D eigenvalue weighted by atomic mass is 10.1. The molecule has 2 aromatic rings. The fourth-order valence-electron chi connectivity index (χ4n) is 2.19. The molecule has 0 aliphatic heterocycles. The molecule has 0 aliphatic rings. The van der Waals surface area contributed by atoms with E-state index in [1.165, 1.54) is 0 Å². The minimum Gasteiger partial charge on any atom is -0.496 e. The van der Waals surface area contributed by atoms with E-state index in [4.69, 9.17) is 15.7 Å². The summed E-state index contributed by atoms with van der Waals surface area (Å²) >= 11 is 0. The van der Waals surface area contributed by atoms with Crippen LogP contribution in [-0.2, 0) is 0 Å². The molecule has 0 aliphatic carbocycles. The fourth-order valence-corrected chi connectivity index (χ4v) is 2.19. The number of amides is 2. The summed E-state index contributed by atoms with van der Waals surface area (Å²) in [5, 5.41) is 9.42. The number of terminal acetylenes is 1. The smallest absolute Gasteiger partial charge is 0.316 e. The van der Waals surface area contributed by atoms with E-state index in [-0.39, 0.29) is 23.9 Å². The lowest BCUT2D eigenvalue weighted by molar-refractivity contribution is 0.230. The maximum atomic E-state index is 12.1. The number of rotatable bonds is 6. The standard InChI is InChI=1S/C18H22N4O3/c1-6-14(11(2)3)20-18(23)19-12(4)17-21-16(22-25-17)13-9-7-8-10-15(13)24-5/h1,7-12,14H,2-5H3,(H2,19,20,23)/t12-,14-/m0/s1. The highest BCUT2D eigenvalue weighted by molar-refractivity contribution is 5.75. The van der Waals surface area contributed by atoms with Gasteiger partial charge in [0.25, 0.3) is 0 Å². The molecule has 2 amide bonds. The van der Waals surface area contributed by atoms with Gasteiger partial charge in [-0.05, 0) is 25.0 Å². The van der Waals surface area contributed by atoms with E-state index in [9.17, 15) is 4.79 Å². The Hall–Kier alpha value is -3.01. The van der Waals surface area contributed by atoms with Crippen LogP contribution in [0.25, 0.3) is 11.4 Å². The van der Waals surface area contributed by atoms with Gasteiger partial charge in [0.05, 0.1) is 18.7 Å². The zero-order valence-corrected chi connectivity index (χ0v) is 14.7. The largest absolute Gasteiger partial charge is 0.496 e. The summed E-state index contributed by atoms with van der Waals surface area (Å²) in [7, 11) is 1.57. The Morgan fingerprint density at radius 2 is 2.00 bits per heavy atom. The fraction of sp³-hybridized carbons (Fsp3) is 0.389. The molecule has 7 nitrogen and oxygen atoms in total. The number of nitrogens with zero attached hydrogens (tertiary/aromatic N) is 2. The van der Waals surface area contributed by atoms with E-state index in [2.05, 4.69) is 26.7 Å². The second-order valence-corrected chi connectivity index (χ2v) is 5.88. The second-order valence-electron chi connectivity index (χ2n) is 5.88. The molecular formula is C18H22N4O3. The van der Waals surface area contributed by atoms with Crippen LogP contribution in [0.3, 0.4) is 0 Å². The number of carbonyl (C=O) groups excluding carboxylic acids is 1. The van der Waals surface area contributed by atoms with Gasteiger partial charge >= 0.3 is 6.03 Å². The molecule has 0 unspecified atom stereocenters. The van der Waals surface area contributed by atoms with Gasteiger partial charge in [-0.25, -0.2) is 4.79 Å². The number of urea groups is 1. The molecule has 0 spiro atoms. The molecule has 25 heavy (non-hydrogen) atoms. The van der Waals surface area contributed by atoms with Gasteiger partial charge in [-0.15, -0.1) is 6.42 Å². The number of ether oxygens (including phenoxy) is 1. The molecule has 132 valence electrons. The van der Waals surface area contributed by atoms with Crippen LogP contribution in [0, 0.1) is 18.3 Å². The first-order chi connectivity index (χ1) is 12.0. The lowest BCUT2D eigenvalue weighted by Gasteiger charge is -2.18. The highest BCUT2D eigenvalue weighted by Gasteiger charge is 2.20. The molecular weight excluding hydrogens is 320 g/mol. The summed E-state index contributed by atoms with van der Waals surface area (Å²) in [6, 6.07) is 6.15. The summed E-state index contributed by atoms with van der Waals surface area (Å²) in [5.74, 6) is 4.00. The highest BCUT2D eigenvalue weighted by atomic mass is 16.5. The van der Waals surface area contributed by atoms with Gasteiger partial charge in [0.1, 0.15) is 11.8 Å². The van der Waals surface area contributed by atoms with Crippen molar-refractivity contribution in [3.05, 3.63) is 30.2 Å². The maximum absolute atomic E-state index is 12.1. The van der Waals surface area contributed by atoms with Crippen molar-refractivity contribution in [1.29, 1.82) is 0 Å². The van der Waals surface area contributed by atoms with Crippen molar-refractivity contribution in [1.82, 2.24) is 20.8 Å². The average Bonchev–Trinajstić information content (AvgIpc) is 3.09. The maximum Gasteiger partial charge on any atom is 0.316 e. The predicted molar refractivity (Wildman–Crippen MR) is 93.8 cm³/mol. The van der Waals surface area contributed by atoms with Crippen molar-refractivity contribution in [2.24, 2.45) is 5.92 Å². The SMILES string of the molecule is C#C[C@H](NC(=O)N[C@@H](C)c1nc(-c2ccccc2OC)no1)C(C)C. The normalized spacial score (nSPS) is 13.0. The van der Waals surface area contributed by atoms with Crippen molar-refractivity contribution in [2.75, 3.05) is 7.11 Å². The molecule has 1 heterocycles. The van der Waals surface area contributed by atoms with E-state index >= 15 is 0 Å². The topological polar surface area (TPSA) is 89.3 Å². The average molecular weight is 342 g/mol. The van der Waals surface area contributed by atoms with Crippen LogP contribution in [0.4, 0.5) is 4.79 Å². The van der Waals surface area contributed by atoms with Crippen molar-refractivity contribution in [2.45, 2.75) is 32.9 Å². The van der Waals surface area contributed by atoms with Crippen LogP contribution in [0.2, 0.25) is 0 Å². The first-order valence-electron chi connectivity index (χ1n) is 7.96. The van der Waals surface area contributed by atoms with E-state index in [1.807, 2.05) is 38.1 Å². The third-order valence-corrected chi connectivity index (χ3v) is 3.64. The Morgan fingerprint density at radius 3 is 2.64 bits per heavy atom. The van der Waals surface area contributed by atoms with Gasteiger partial charge in [-0.2, -0.15) is 4.98 Å². The molecule has 1 aromatic heterocycles. The summed E-state index contributed by atoms with van der Waals surface area (Å²) in [6.45, 7) is 5.62. The predicted octanol–water partition coefficient (Wildman–Crippen LogP) is 2.76. The Morgan fingerprint density at radius 1 is 1.28 bits per heavy atom. The van der Waals surface area contributed by atoms with E-state index in [1.54, 1.807) is 14.0 Å². The number of para-hydroxylation sites is 1. The van der Waals surface area contributed by atoms with Crippen molar-refractivity contribution >= 4 is 6.03 Å². The molecule has 0 bridgehead atoms. The molecule has 0 saturated carbocycles. The van der Waals surface area contributed by atoms with E-state index in [0.29, 0.717) is 17.1 Å². The van der Waals surface area contributed by atoms with Crippen molar-refractivity contribution in [3.8, 4) is 29.5 Å². The number of methoxy groups -OCH3 is 1. The first-order valence-corrected chi connectivity index (χ1v) is 7.96. The van der Waals surface area contributed by atoms with Gasteiger partial charge in [-0.1, -0.05) is 37.1 Å². The van der Waals surface area contributed by atoms with Gasteiger partial charge in [0, 0.05) is 0 Å². The number of carbonyl (C=O) groups is 1. The van der Waals surface area contributed by atoms with Crippen LogP contribution in [0.5, 0.6) is 5.75 Å². The minimum atomic E-state index is -0.471. The molecule has 1 aromatic carbocycles. The van der Waals surface area contributed by atoms with Crippen LogP contribution >= 0.6 is 0 Å². The Kier molecular flexibility index (Phi) is 6.01. The molecule has 0 saturated heterocycles. The van der Waals surface area contributed by atoms with E-state index < -0.39 is 6.04 Å². The Bertz CT molecular complexity index is 764. The quantitative estimate of drug-likeness (QED) is 0.788. The number of benzene rings is 1. The third-order valence-electron chi connectivity index (χ3n) is 3.64. The number of aromatic nitrogens is 2. The van der Waals surface area contributed by atoms with Crippen LogP contribution < -0.4 is 15.4 Å². The number of hydrogen-bond acceptors (Lipinski definition) is 5. The summed E-state index contributed by atoms with van der Waals surface area (Å²) < 4.78 is 10.6. The van der Waals surface area contributed by atoms with Gasteiger partial charge in [-0.3, -0.25) is 0 Å². The third kappa shape index (κ3) is 4.51. The highest BCUT2D eigenvalue weighted by Crippen LogP contribution is 2.27. The zero-order chi connectivity index (χ0) is 18.4. The second kappa shape index (κ2) is 8.20. The summed E-state index contributed by atoms with van der Waals surface area (Å²) in [6.07, 6.45) is 5.41. The molecule has 2 N–H and O–H groups in total. The minimum absolute atomic E-state index is 0.131. The number of nitrogens with one attached hydrogen (secondary N) is 2. The van der Waals surface area contributed by atoms with Crippen molar-refractivity contribution in [3.63, 3.8) is 0 Å². The Balaban J connectivity index is 2.07. The molecule has 0 radical (unpaired) electrons. The van der Waals surface area contributed by atoms with Crippen molar-refractivity contribution < 1.29 is 14.1 Å². The molecule has 2 atom stereocenters.